The lowest BCUT2D eigenvalue weighted by molar-refractivity contribution is 0.101. The maximum Gasteiger partial charge on any atom is 0.262 e. The van der Waals surface area contributed by atoms with Crippen molar-refractivity contribution in [3.63, 3.8) is 0 Å². The molecule has 0 saturated carbocycles. The molecular weight excluding hydrogens is 309 g/mol. The minimum Gasteiger partial charge on any atom is -0.494 e. The first-order chi connectivity index (χ1) is 10.3. The highest BCUT2D eigenvalue weighted by Crippen LogP contribution is 2.23. The molecule has 1 N–H and O–H groups in total. The Hall–Kier alpha value is -2.41. The van der Waals surface area contributed by atoms with Crippen LogP contribution in [0.25, 0.3) is 0 Å². The summed E-state index contributed by atoms with van der Waals surface area (Å²) < 4.78 is 44.9. The summed E-state index contributed by atoms with van der Waals surface area (Å²) in [7, 11) is -2.62. The van der Waals surface area contributed by atoms with Gasteiger partial charge in [-0.25, -0.2) is 12.8 Å². The van der Waals surface area contributed by atoms with Crippen LogP contribution in [-0.2, 0) is 10.0 Å². The number of anilines is 1. The SMILES string of the molecule is COc1cc(S(=O)(=O)Nc2ccc(C(C)=O)cc2)ccc1F. The number of rotatable bonds is 5. The predicted octanol–water partition coefficient (Wildman–Crippen LogP) is 2.84. The quantitative estimate of drug-likeness (QED) is 0.859. The topological polar surface area (TPSA) is 72.5 Å². The molecule has 0 aliphatic heterocycles. The molecule has 0 fully saturated rings. The van der Waals surface area contributed by atoms with E-state index in [2.05, 4.69) is 4.72 Å². The van der Waals surface area contributed by atoms with Crippen molar-refractivity contribution >= 4 is 21.5 Å². The molecule has 0 saturated heterocycles. The van der Waals surface area contributed by atoms with E-state index in [-0.39, 0.29) is 16.4 Å². The highest BCUT2D eigenvalue weighted by molar-refractivity contribution is 7.92. The summed E-state index contributed by atoms with van der Waals surface area (Å²) in [4.78, 5) is 11.1. The predicted molar refractivity (Wildman–Crippen MR) is 80.2 cm³/mol. The van der Waals surface area contributed by atoms with Crippen molar-refractivity contribution in [3.05, 3.63) is 53.8 Å². The molecule has 0 aliphatic rings. The Morgan fingerprint density at radius 1 is 1.14 bits per heavy atom. The van der Waals surface area contributed by atoms with Gasteiger partial charge in [-0.2, -0.15) is 0 Å². The van der Waals surface area contributed by atoms with Crippen molar-refractivity contribution < 1.29 is 22.3 Å². The zero-order chi connectivity index (χ0) is 16.3. The lowest BCUT2D eigenvalue weighted by Crippen LogP contribution is -2.13. The maximum absolute atomic E-state index is 13.3. The smallest absolute Gasteiger partial charge is 0.262 e. The van der Waals surface area contributed by atoms with Crippen LogP contribution in [0.5, 0.6) is 5.75 Å². The summed E-state index contributed by atoms with van der Waals surface area (Å²) in [5.74, 6) is -0.917. The molecule has 0 radical (unpaired) electrons. The highest BCUT2D eigenvalue weighted by atomic mass is 32.2. The number of hydrogen-bond donors (Lipinski definition) is 1. The molecule has 0 heterocycles. The largest absolute Gasteiger partial charge is 0.494 e. The van der Waals surface area contributed by atoms with Crippen LogP contribution in [0.15, 0.2) is 47.4 Å². The average molecular weight is 323 g/mol. The Bertz CT molecular complexity index is 801. The monoisotopic (exact) mass is 323 g/mol. The van der Waals surface area contributed by atoms with Gasteiger partial charge < -0.3 is 4.74 Å². The third-order valence-electron chi connectivity index (χ3n) is 2.98. The summed E-state index contributed by atoms with van der Waals surface area (Å²) in [6, 6.07) is 9.26. The van der Waals surface area contributed by atoms with Gasteiger partial charge in [0, 0.05) is 17.3 Å². The Kier molecular flexibility index (Phi) is 4.46. The third kappa shape index (κ3) is 3.43. The first-order valence-corrected chi connectivity index (χ1v) is 7.79. The summed E-state index contributed by atoms with van der Waals surface area (Å²) in [5, 5.41) is 0. The first-order valence-electron chi connectivity index (χ1n) is 6.31. The number of sulfonamides is 1. The van der Waals surface area contributed by atoms with Gasteiger partial charge in [-0.3, -0.25) is 9.52 Å². The molecule has 2 aromatic carbocycles. The van der Waals surface area contributed by atoms with Crippen LogP contribution in [0, 0.1) is 5.82 Å². The van der Waals surface area contributed by atoms with Crippen LogP contribution in [0.3, 0.4) is 0 Å². The molecule has 0 aliphatic carbocycles. The van der Waals surface area contributed by atoms with Crippen LogP contribution in [0.2, 0.25) is 0 Å². The Balaban J connectivity index is 2.29. The molecule has 22 heavy (non-hydrogen) atoms. The van der Waals surface area contributed by atoms with Crippen LogP contribution in [0.1, 0.15) is 17.3 Å². The fourth-order valence-electron chi connectivity index (χ4n) is 1.79. The molecule has 0 unspecified atom stereocenters. The van der Waals surface area contributed by atoms with Crippen molar-refractivity contribution in [2.75, 3.05) is 11.8 Å². The first kappa shape index (κ1) is 16.0. The molecule has 0 aromatic heterocycles. The molecule has 0 bridgehead atoms. The lowest BCUT2D eigenvalue weighted by atomic mass is 10.1. The fourth-order valence-corrected chi connectivity index (χ4v) is 2.87. The normalized spacial score (nSPS) is 11.0. The molecule has 0 spiro atoms. The summed E-state index contributed by atoms with van der Waals surface area (Å²) in [6.45, 7) is 1.42. The van der Waals surface area contributed by atoms with Crippen molar-refractivity contribution in [2.45, 2.75) is 11.8 Å². The van der Waals surface area contributed by atoms with Crippen molar-refractivity contribution in [2.24, 2.45) is 0 Å². The summed E-state index contributed by atoms with van der Waals surface area (Å²) in [6.07, 6.45) is 0. The molecule has 116 valence electrons. The number of benzene rings is 2. The number of Topliss-reactive ketones (excluding diaryl/α,β-unsaturated/α-hetero) is 1. The van der Waals surface area contributed by atoms with E-state index in [1.165, 1.54) is 38.3 Å². The van der Waals surface area contributed by atoms with Gasteiger partial charge in [-0.05, 0) is 43.3 Å². The maximum atomic E-state index is 13.3. The minimum atomic E-state index is -3.88. The minimum absolute atomic E-state index is 0.113. The molecule has 7 heteroatoms. The van der Waals surface area contributed by atoms with E-state index in [1.54, 1.807) is 0 Å². The van der Waals surface area contributed by atoms with E-state index < -0.39 is 15.8 Å². The zero-order valence-electron chi connectivity index (χ0n) is 12.0. The van der Waals surface area contributed by atoms with Crippen LogP contribution < -0.4 is 9.46 Å². The molecule has 0 atom stereocenters. The second-order valence-electron chi connectivity index (χ2n) is 4.54. The fraction of sp³-hybridized carbons (Fsp3) is 0.133. The Morgan fingerprint density at radius 3 is 2.32 bits per heavy atom. The Labute approximate surface area is 127 Å². The molecule has 2 aromatic rings. The van der Waals surface area contributed by atoms with E-state index >= 15 is 0 Å². The van der Waals surface area contributed by atoms with Gasteiger partial charge in [0.2, 0.25) is 0 Å². The van der Waals surface area contributed by atoms with Crippen molar-refractivity contribution in [3.8, 4) is 5.75 Å². The molecule has 0 amide bonds. The van der Waals surface area contributed by atoms with Gasteiger partial charge in [0.15, 0.2) is 17.3 Å². The average Bonchev–Trinajstić information content (AvgIpc) is 2.47. The number of carbonyl (C=O) groups excluding carboxylic acids is 1. The van der Waals surface area contributed by atoms with Crippen LogP contribution in [0.4, 0.5) is 10.1 Å². The summed E-state index contributed by atoms with van der Waals surface area (Å²) in [5.41, 5.74) is 0.777. The van der Waals surface area contributed by atoms with E-state index in [1.807, 2.05) is 0 Å². The van der Waals surface area contributed by atoms with E-state index in [9.17, 15) is 17.6 Å². The number of halogens is 1. The third-order valence-corrected chi connectivity index (χ3v) is 4.36. The Morgan fingerprint density at radius 2 is 1.77 bits per heavy atom. The van der Waals surface area contributed by atoms with Gasteiger partial charge in [0.25, 0.3) is 10.0 Å². The summed E-state index contributed by atoms with van der Waals surface area (Å²) >= 11 is 0. The molecule has 5 nitrogen and oxygen atoms in total. The van der Waals surface area contributed by atoms with Gasteiger partial charge in [-0.1, -0.05) is 0 Å². The van der Waals surface area contributed by atoms with Crippen molar-refractivity contribution in [1.29, 1.82) is 0 Å². The van der Waals surface area contributed by atoms with Gasteiger partial charge in [-0.15, -0.1) is 0 Å². The van der Waals surface area contributed by atoms with Gasteiger partial charge in [0.1, 0.15) is 0 Å². The van der Waals surface area contributed by atoms with E-state index in [0.29, 0.717) is 11.3 Å². The van der Waals surface area contributed by atoms with E-state index in [4.69, 9.17) is 4.74 Å². The number of hydrogen-bond acceptors (Lipinski definition) is 4. The van der Waals surface area contributed by atoms with Crippen LogP contribution in [-0.4, -0.2) is 21.3 Å². The van der Waals surface area contributed by atoms with Crippen LogP contribution >= 0.6 is 0 Å². The zero-order valence-corrected chi connectivity index (χ0v) is 12.8. The highest BCUT2D eigenvalue weighted by Gasteiger charge is 2.17. The van der Waals surface area contributed by atoms with E-state index in [0.717, 1.165) is 18.2 Å². The van der Waals surface area contributed by atoms with Gasteiger partial charge >= 0.3 is 0 Å². The molecular formula is C15H14FNO4S. The standard InChI is InChI=1S/C15H14FNO4S/c1-10(18)11-3-5-12(6-4-11)17-22(19,20)13-7-8-14(16)15(9-13)21-2/h3-9,17H,1-2H3. The number of nitrogens with one attached hydrogen (secondary N) is 1. The number of methoxy groups -OCH3 is 1. The number of ketones is 1. The molecule has 2 rings (SSSR count). The lowest BCUT2D eigenvalue weighted by Gasteiger charge is -2.10. The number of carbonyl (C=O) groups is 1. The number of ether oxygens (including phenoxy) is 1. The van der Waals surface area contributed by atoms with Crippen molar-refractivity contribution in [1.82, 2.24) is 0 Å². The second kappa shape index (κ2) is 6.15. The van der Waals surface area contributed by atoms with Gasteiger partial charge in [0.05, 0.1) is 12.0 Å². The second-order valence-corrected chi connectivity index (χ2v) is 6.22.